The van der Waals surface area contributed by atoms with Crippen molar-refractivity contribution in [3.05, 3.63) is 103 Å². The van der Waals surface area contributed by atoms with Gasteiger partial charge in [0.1, 0.15) is 0 Å². The Morgan fingerprint density at radius 2 is 1.16 bits per heavy atom. The topological polar surface area (TPSA) is 20.2 Å². The van der Waals surface area contributed by atoms with Crippen LogP contribution >= 0.6 is 0 Å². The molecule has 1 N–H and O–H groups in total. The van der Waals surface area contributed by atoms with E-state index in [2.05, 4.69) is 113 Å². The first-order valence-corrected chi connectivity index (χ1v) is 11.0. The summed E-state index contributed by atoms with van der Waals surface area (Å²) in [6.45, 7) is 0. The van der Waals surface area contributed by atoms with Gasteiger partial charge in [-0.15, -0.1) is 0 Å². The average molecular weight is 406 g/mol. The highest BCUT2D eigenvalue weighted by Gasteiger charge is 2.19. The lowest BCUT2D eigenvalue weighted by atomic mass is 9.99. The van der Waals surface area contributed by atoms with E-state index in [1.807, 2.05) is 0 Å². The van der Waals surface area contributed by atoms with Gasteiger partial charge in [-0.3, -0.25) is 0 Å². The van der Waals surface area contributed by atoms with E-state index in [0.717, 1.165) is 0 Å². The maximum absolute atomic E-state index is 3.63. The van der Waals surface area contributed by atoms with Gasteiger partial charge < -0.3 is 9.38 Å². The van der Waals surface area contributed by atoms with E-state index in [0.29, 0.717) is 0 Å². The first-order chi connectivity index (χ1) is 15.9. The summed E-state index contributed by atoms with van der Waals surface area (Å²) in [4.78, 5) is 3.63. The number of benzene rings is 5. The third-order valence-corrected chi connectivity index (χ3v) is 7.03. The molecular formula is C30H18N2. The Morgan fingerprint density at radius 3 is 2.03 bits per heavy atom. The molecule has 8 aromatic rings. The fraction of sp³-hybridized carbons (Fsp3) is 0. The van der Waals surface area contributed by atoms with E-state index < -0.39 is 0 Å². The molecule has 0 fully saturated rings. The van der Waals surface area contributed by atoms with Gasteiger partial charge in [-0.05, 0) is 47.5 Å². The minimum absolute atomic E-state index is 1.19. The molecule has 148 valence electrons. The minimum Gasteiger partial charge on any atom is -0.354 e. The van der Waals surface area contributed by atoms with E-state index in [9.17, 15) is 0 Å². The van der Waals surface area contributed by atoms with Crippen LogP contribution in [0.3, 0.4) is 0 Å². The first kappa shape index (κ1) is 16.4. The minimum atomic E-state index is 1.19. The maximum atomic E-state index is 3.63. The molecule has 0 radical (unpaired) electrons. The highest BCUT2D eigenvalue weighted by Crippen LogP contribution is 2.43. The van der Waals surface area contributed by atoms with E-state index >= 15 is 0 Å². The summed E-state index contributed by atoms with van der Waals surface area (Å²) < 4.78 is 2.45. The second kappa shape index (κ2) is 5.68. The summed E-state index contributed by atoms with van der Waals surface area (Å²) in [5.74, 6) is 0. The van der Waals surface area contributed by atoms with Gasteiger partial charge in [-0.2, -0.15) is 0 Å². The van der Waals surface area contributed by atoms with Crippen molar-refractivity contribution in [3.8, 4) is 11.1 Å². The molecule has 32 heavy (non-hydrogen) atoms. The van der Waals surface area contributed by atoms with Crippen LogP contribution in [0.4, 0.5) is 0 Å². The Kier molecular flexibility index (Phi) is 2.91. The molecule has 5 aromatic carbocycles. The van der Waals surface area contributed by atoms with E-state index in [-0.39, 0.29) is 0 Å². The van der Waals surface area contributed by atoms with Crippen molar-refractivity contribution in [2.24, 2.45) is 0 Å². The van der Waals surface area contributed by atoms with Crippen molar-refractivity contribution in [3.63, 3.8) is 0 Å². The number of hydrogen-bond acceptors (Lipinski definition) is 0. The zero-order chi connectivity index (χ0) is 20.8. The van der Waals surface area contributed by atoms with Crippen molar-refractivity contribution >= 4 is 59.9 Å². The number of hydrogen-bond donors (Lipinski definition) is 1. The van der Waals surface area contributed by atoms with Gasteiger partial charge in [0, 0.05) is 43.4 Å². The van der Waals surface area contributed by atoms with Gasteiger partial charge >= 0.3 is 0 Å². The molecule has 0 saturated carbocycles. The molecule has 0 aliphatic carbocycles. The molecule has 2 heteroatoms. The highest BCUT2D eigenvalue weighted by atomic mass is 14.9. The Bertz CT molecular complexity index is 1970. The van der Waals surface area contributed by atoms with Gasteiger partial charge in [0.2, 0.25) is 0 Å². The van der Waals surface area contributed by atoms with Crippen molar-refractivity contribution in [1.29, 1.82) is 0 Å². The fourth-order valence-electron chi connectivity index (χ4n) is 5.64. The summed E-state index contributed by atoms with van der Waals surface area (Å²) in [7, 11) is 0. The number of aromatic nitrogens is 2. The molecule has 0 atom stereocenters. The monoisotopic (exact) mass is 406 g/mol. The zero-order valence-corrected chi connectivity index (χ0v) is 17.3. The predicted octanol–water partition coefficient (Wildman–Crippen LogP) is 8.14. The van der Waals surface area contributed by atoms with Crippen molar-refractivity contribution in [2.75, 3.05) is 0 Å². The smallest absolute Gasteiger partial charge is 0.0620 e. The van der Waals surface area contributed by atoms with Crippen LogP contribution in [0.25, 0.3) is 71.0 Å². The Labute approximate surface area is 183 Å². The van der Waals surface area contributed by atoms with E-state index in [1.54, 1.807) is 0 Å². The Hall–Kier alpha value is -4.30. The third kappa shape index (κ3) is 1.95. The molecule has 0 unspecified atom stereocenters. The molecule has 0 bridgehead atoms. The Morgan fingerprint density at radius 1 is 0.438 bits per heavy atom. The van der Waals surface area contributed by atoms with Crippen molar-refractivity contribution in [2.45, 2.75) is 0 Å². The summed E-state index contributed by atoms with van der Waals surface area (Å²) in [5.41, 5.74) is 8.74. The number of aromatic amines is 1. The van der Waals surface area contributed by atoms with Crippen LogP contribution in [-0.4, -0.2) is 9.38 Å². The maximum Gasteiger partial charge on any atom is 0.0620 e. The lowest BCUT2D eigenvalue weighted by molar-refractivity contribution is 1.37. The molecule has 0 aliphatic heterocycles. The number of nitrogens with one attached hydrogen (secondary N) is 1. The number of fused-ring (bicyclic) bond motifs is 9. The van der Waals surface area contributed by atoms with E-state index in [1.165, 1.54) is 71.0 Å². The lowest BCUT2D eigenvalue weighted by Crippen LogP contribution is -1.80. The molecule has 0 spiro atoms. The van der Waals surface area contributed by atoms with Gasteiger partial charge in [0.25, 0.3) is 0 Å². The SMILES string of the molecule is c1ccc(-c2cc3c4ccccc4n4c5cc6[nH]c7ccccc7c6cc5c(c2)c34)cc1. The molecular weight excluding hydrogens is 388 g/mol. The average Bonchev–Trinajstić information content (AvgIpc) is 3.49. The fourth-order valence-corrected chi connectivity index (χ4v) is 5.64. The largest absolute Gasteiger partial charge is 0.354 e. The molecule has 2 nitrogen and oxygen atoms in total. The summed E-state index contributed by atoms with van der Waals surface area (Å²) in [6.07, 6.45) is 0. The molecule has 3 aromatic heterocycles. The van der Waals surface area contributed by atoms with Crippen LogP contribution < -0.4 is 0 Å². The third-order valence-electron chi connectivity index (χ3n) is 7.03. The Balaban J connectivity index is 1.64. The molecule has 8 rings (SSSR count). The summed E-state index contributed by atoms with van der Waals surface area (Å²) in [6, 6.07) is 37.5. The standard InChI is InChI=1S/C30H18N2/c1-2-8-18(9-3-1)19-14-24-21-11-5-7-13-28(21)32-29-17-27-22(16-23(29)25(15-19)30(24)32)20-10-4-6-12-26(20)31-27/h1-17,31H. The predicted molar refractivity (Wildman–Crippen MR) is 136 cm³/mol. The number of rotatable bonds is 1. The molecule has 0 amide bonds. The lowest BCUT2D eigenvalue weighted by Gasteiger charge is -2.04. The van der Waals surface area contributed by atoms with Crippen LogP contribution in [0, 0.1) is 0 Å². The van der Waals surface area contributed by atoms with Gasteiger partial charge in [0.15, 0.2) is 0 Å². The normalized spacial score (nSPS) is 12.4. The van der Waals surface area contributed by atoms with E-state index in [4.69, 9.17) is 0 Å². The van der Waals surface area contributed by atoms with Crippen molar-refractivity contribution in [1.82, 2.24) is 9.38 Å². The van der Waals surface area contributed by atoms with Crippen LogP contribution in [0.2, 0.25) is 0 Å². The van der Waals surface area contributed by atoms with Gasteiger partial charge in [-0.25, -0.2) is 0 Å². The zero-order valence-electron chi connectivity index (χ0n) is 17.3. The number of nitrogens with zero attached hydrogens (tertiary/aromatic N) is 1. The van der Waals surface area contributed by atoms with Crippen LogP contribution in [0.1, 0.15) is 0 Å². The summed E-state index contributed by atoms with van der Waals surface area (Å²) in [5, 5.41) is 7.82. The van der Waals surface area contributed by atoms with Gasteiger partial charge in [-0.1, -0.05) is 66.7 Å². The second-order valence-corrected chi connectivity index (χ2v) is 8.72. The first-order valence-electron chi connectivity index (χ1n) is 11.0. The number of para-hydroxylation sites is 2. The van der Waals surface area contributed by atoms with Crippen LogP contribution in [0.15, 0.2) is 103 Å². The van der Waals surface area contributed by atoms with Gasteiger partial charge in [0.05, 0.1) is 16.6 Å². The molecule has 0 saturated heterocycles. The van der Waals surface area contributed by atoms with Crippen LogP contribution in [-0.2, 0) is 0 Å². The highest BCUT2D eigenvalue weighted by molar-refractivity contribution is 6.26. The molecule has 0 aliphatic rings. The number of H-pyrrole nitrogens is 1. The quantitative estimate of drug-likeness (QED) is 0.284. The van der Waals surface area contributed by atoms with Crippen LogP contribution in [0.5, 0.6) is 0 Å². The summed E-state index contributed by atoms with van der Waals surface area (Å²) >= 11 is 0. The second-order valence-electron chi connectivity index (χ2n) is 8.72. The molecule has 3 heterocycles. The van der Waals surface area contributed by atoms with Crippen molar-refractivity contribution < 1.29 is 0 Å².